The number of hydrogen-bond donors (Lipinski definition) is 2. The van der Waals surface area contributed by atoms with Crippen molar-refractivity contribution in [2.75, 3.05) is 16.4 Å². The van der Waals surface area contributed by atoms with E-state index in [1.807, 2.05) is 19.1 Å². The van der Waals surface area contributed by atoms with Gasteiger partial charge in [0.1, 0.15) is 0 Å². The molecule has 3 aromatic rings. The number of rotatable bonds is 6. The van der Waals surface area contributed by atoms with Crippen molar-refractivity contribution < 1.29 is 9.59 Å². The Morgan fingerprint density at radius 3 is 2.44 bits per heavy atom. The molecule has 0 saturated heterocycles. The van der Waals surface area contributed by atoms with Crippen LogP contribution in [-0.2, 0) is 4.79 Å². The minimum atomic E-state index is -0.247. The summed E-state index contributed by atoms with van der Waals surface area (Å²) in [5, 5.41) is 14.4. The second kappa shape index (κ2) is 8.98. The van der Waals surface area contributed by atoms with Gasteiger partial charge in [-0.05, 0) is 43.3 Å². The van der Waals surface area contributed by atoms with Gasteiger partial charge in [0, 0.05) is 16.3 Å². The quantitative estimate of drug-likeness (QED) is 0.455. The highest BCUT2D eigenvalue weighted by molar-refractivity contribution is 8.01. The molecule has 0 aliphatic rings. The summed E-state index contributed by atoms with van der Waals surface area (Å²) in [5.74, 6) is -0.227. The molecule has 0 spiro atoms. The Labute approximate surface area is 169 Å². The second-order valence-electron chi connectivity index (χ2n) is 5.54. The van der Waals surface area contributed by atoms with Crippen LogP contribution >= 0.6 is 34.7 Å². The molecule has 0 radical (unpaired) electrons. The van der Waals surface area contributed by atoms with E-state index in [2.05, 4.69) is 20.8 Å². The van der Waals surface area contributed by atoms with Gasteiger partial charge in [0.05, 0.1) is 5.75 Å². The summed E-state index contributed by atoms with van der Waals surface area (Å²) in [5.41, 5.74) is 2.30. The molecule has 0 saturated carbocycles. The lowest BCUT2D eigenvalue weighted by atomic mass is 10.1. The maximum absolute atomic E-state index is 12.2. The molecule has 1 heterocycles. The first kappa shape index (κ1) is 19.3. The lowest BCUT2D eigenvalue weighted by Gasteiger charge is -2.03. The molecule has 27 heavy (non-hydrogen) atoms. The number of anilines is 2. The van der Waals surface area contributed by atoms with Crippen molar-refractivity contribution in [2.45, 2.75) is 11.3 Å². The van der Waals surface area contributed by atoms with E-state index in [0.717, 1.165) is 5.56 Å². The lowest BCUT2D eigenvalue weighted by molar-refractivity contribution is -0.113. The molecular formula is C18H15ClN4O2S2. The SMILES string of the molecule is Cc1ccc(C(=O)Nc2nnc(SCC(=O)Nc3ccc(Cl)cc3)s2)cc1. The fourth-order valence-corrected chi connectivity index (χ4v) is 3.72. The Kier molecular flexibility index (Phi) is 6.44. The first-order chi connectivity index (χ1) is 13.0. The summed E-state index contributed by atoms with van der Waals surface area (Å²) < 4.78 is 0.598. The van der Waals surface area contributed by atoms with E-state index in [1.54, 1.807) is 36.4 Å². The highest BCUT2D eigenvalue weighted by atomic mass is 35.5. The zero-order chi connectivity index (χ0) is 19.2. The van der Waals surface area contributed by atoms with Crippen LogP contribution in [0.25, 0.3) is 0 Å². The Balaban J connectivity index is 1.50. The van der Waals surface area contributed by atoms with Crippen LogP contribution in [0.1, 0.15) is 15.9 Å². The summed E-state index contributed by atoms with van der Waals surface area (Å²) in [4.78, 5) is 24.2. The maximum Gasteiger partial charge on any atom is 0.257 e. The molecule has 0 fully saturated rings. The molecule has 1 aromatic heterocycles. The van der Waals surface area contributed by atoms with Gasteiger partial charge < -0.3 is 5.32 Å². The number of carbonyl (C=O) groups is 2. The van der Waals surface area contributed by atoms with Crippen LogP contribution < -0.4 is 10.6 Å². The highest BCUT2D eigenvalue weighted by Gasteiger charge is 2.12. The average molecular weight is 419 g/mol. The minimum absolute atomic E-state index is 0.164. The Hall–Kier alpha value is -2.42. The first-order valence-electron chi connectivity index (χ1n) is 7.89. The number of nitrogens with zero attached hydrogens (tertiary/aromatic N) is 2. The van der Waals surface area contributed by atoms with Gasteiger partial charge in [-0.1, -0.05) is 52.4 Å². The highest BCUT2D eigenvalue weighted by Crippen LogP contribution is 2.26. The zero-order valence-corrected chi connectivity index (χ0v) is 16.6. The van der Waals surface area contributed by atoms with E-state index in [1.165, 1.54) is 23.1 Å². The molecule has 0 bridgehead atoms. The second-order valence-corrected chi connectivity index (χ2v) is 8.17. The number of carbonyl (C=O) groups excluding carboxylic acids is 2. The summed E-state index contributed by atoms with van der Waals surface area (Å²) >= 11 is 8.29. The number of amides is 2. The summed E-state index contributed by atoms with van der Waals surface area (Å²) in [6.45, 7) is 1.96. The van der Waals surface area contributed by atoms with Crippen LogP contribution in [0.4, 0.5) is 10.8 Å². The van der Waals surface area contributed by atoms with Gasteiger partial charge in [0.2, 0.25) is 11.0 Å². The molecule has 2 N–H and O–H groups in total. The van der Waals surface area contributed by atoms with Crippen molar-refractivity contribution in [1.29, 1.82) is 0 Å². The fraction of sp³-hybridized carbons (Fsp3) is 0.111. The van der Waals surface area contributed by atoms with E-state index >= 15 is 0 Å². The van der Waals surface area contributed by atoms with Gasteiger partial charge >= 0.3 is 0 Å². The zero-order valence-electron chi connectivity index (χ0n) is 14.2. The molecule has 0 atom stereocenters. The number of nitrogens with one attached hydrogen (secondary N) is 2. The van der Waals surface area contributed by atoms with E-state index in [4.69, 9.17) is 11.6 Å². The number of halogens is 1. The van der Waals surface area contributed by atoms with Crippen LogP contribution in [0.3, 0.4) is 0 Å². The molecule has 9 heteroatoms. The number of benzene rings is 2. The lowest BCUT2D eigenvalue weighted by Crippen LogP contribution is -2.13. The van der Waals surface area contributed by atoms with Crippen molar-refractivity contribution >= 4 is 57.3 Å². The molecule has 0 aliphatic heterocycles. The topological polar surface area (TPSA) is 84.0 Å². The van der Waals surface area contributed by atoms with E-state index < -0.39 is 0 Å². The Morgan fingerprint density at radius 1 is 1.04 bits per heavy atom. The normalized spacial score (nSPS) is 10.4. The molecule has 2 aromatic carbocycles. The molecular weight excluding hydrogens is 404 g/mol. The van der Waals surface area contributed by atoms with Crippen LogP contribution in [0.2, 0.25) is 5.02 Å². The van der Waals surface area contributed by atoms with E-state index in [-0.39, 0.29) is 17.6 Å². The van der Waals surface area contributed by atoms with Crippen molar-refractivity contribution in [2.24, 2.45) is 0 Å². The van der Waals surface area contributed by atoms with Crippen molar-refractivity contribution in [3.8, 4) is 0 Å². The average Bonchev–Trinajstić information content (AvgIpc) is 3.10. The monoisotopic (exact) mass is 418 g/mol. The number of aromatic nitrogens is 2. The minimum Gasteiger partial charge on any atom is -0.325 e. The molecule has 0 aliphatic carbocycles. The molecule has 0 unspecified atom stereocenters. The third-order valence-electron chi connectivity index (χ3n) is 3.40. The predicted molar refractivity (Wildman–Crippen MR) is 110 cm³/mol. The third kappa shape index (κ3) is 5.78. The van der Waals surface area contributed by atoms with Gasteiger partial charge in [0.25, 0.3) is 5.91 Å². The Morgan fingerprint density at radius 2 is 1.74 bits per heavy atom. The van der Waals surface area contributed by atoms with Crippen molar-refractivity contribution in [1.82, 2.24) is 10.2 Å². The van der Waals surface area contributed by atoms with Crippen LogP contribution in [0.15, 0.2) is 52.9 Å². The van der Waals surface area contributed by atoms with E-state index in [0.29, 0.717) is 25.7 Å². The van der Waals surface area contributed by atoms with Gasteiger partial charge in [-0.25, -0.2) is 0 Å². The summed E-state index contributed by atoms with van der Waals surface area (Å²) in [7, 11) is 0. The van der Waals surface area contributed by atoms with Crippen LogP contribution in [0, 0.1) is 6.92 Å². The first-order valence-corrected chi connectivity index (χ1v) is 10.1. The van der Waals surface area contributed by atoms with Gasteiger partial charge in [0.15, 0.2) is 4.34 Å². The van der Waals surface area contributed by atoms with Gasteiger partial charge in [-0.15, -0.1) is 10.2 Å². The standard InChI is InChI=1S/C18H15ClN4O2S2/c1-11-2-4-12(5-3-11)16(25)21-17-22-23-18(27-17)26-10-15(24)20-14-8-6-13(19)7-9-14/h2-9H,10H2,1H3,(H,20,24)(H,21,22,25). The number of thioether (sulfide) groups is 1. The largest absolute Gasteiger partial charge is 0.325 e. The predicted octanol–water partition coefficient (Wildman–Crippen LogP) is 4.48. The van der Waals surface area contributed by atoms with Gasteiger partial charge in [-0.2, -0.15) is 0 Å². The number of hydrogen-bond acceptors (Lipinski definition) is 6. The molecule has 6 nitrogen and oxygen atoms in total. The Bertz CT molecular complexity index is 943. The van der Waals surface area contributed by atoms with Crippen molar-refractivity contribution in [3.05, 3.63) is 64.7 Å². The third-order valence-corrected chi connectivity index (χ3v) is 5.62. The smallest absolute Gasteiger partial charge is 0.257 e. The van der Waals surface area contributed by atoms with Crippen molar-refractivity contribution in [3.63, 3.8) is 0 Å². The number of aryl methyl sites for hydroxylation is 1. The summed E-state index contributed by atoms with van der Waals surface area (Å²) in [6, 6.07) is 14.1. The van der Waals surface area contributed by atoms with Crippen LogP contribution in [0.5, 0.6) is 0 Å². The fourth-order valence-electron chi connectivity index (χ4n) is 2.05. The van der Waals surface area contributed by atoms with Gasteiger partial charge in [-0.3, -0.25) is 14.9 Å². The molecule has 138 valence electrons. The summed E-state index contributed by atoms with van der Waals surface area (Å²) in [6.07, 6.45) is 0. The maximum atomic E-state index is 12.2. The van der Waals surface area contributed by atoms with E-state index in [9.17, 15) is 9.59 Å². The molecule has 2 amide bonds. The van der Waals surface area contributed by atoms with Crippen LogP contribution in [-0.4, -0.2) is 27.8 Å². The molecule has 3 rings (SSSR count).